The first kappa shape index (κ1) is 22.7. The third-order valence-electron chi connectivity index (χ3n) is 5.37. The summed E-state index contributed by atoms with van der Waals surface area (Å²) in [5.41, 5.74) is 9.04. The van der Waals surface area contributed by atoms with Gasteiger partial charge in [-0.2, -0.15) is 5.48 Å². The fraction of sp³-hybridized carbons (Fsp3) is 0.391. The van der Waals surface area contributed by atoms with Gasteiger partial charge in [0, 0.05) is 18.5 Å². The number of hydrogen-bond acceptors (Lipinski definition) is 5. The van der Waals surface area contributed by atoms with Crippen LogP contribution in [0.4, 0.5) is 4.39 Å². The van der Waals surface area contributed by atoms with E-state index in [1.165, 1.54) is 11.0 Å². The van der Waals surface area contributed by atoms with Gasteiger partial charge in [-0.1, -0.05) is 51.1 Å². The first-order valence-electron chi connectivity index (χ1n) is 10.1. The summed E-state index contributed by atoms with van der Waals surface area (Å²) >= 11 is 0. The lowest BCUT2D eigenvalue weighted by Gasteiger charge is -2.32. The first-order chi connectivity index (χ1) is 14.6. The summed E-state index contributed by atoms with van der Waals surface area (Å²) in [6.45, 7) is 5.56. The molecule has 8 heteroatoms. The molecule has 4 N–H and O–H groups in total. The van der Waals surface area contributed by atoms with E-state index in [0.717, 1.165) is 0 Å². The molecule has 31 heavy (non-hydrogen) atoms. The smallest absolute Gasteiger partial charge is 0.275 e. The molecule has 1 heterocycles. The second kappa shape index (κ2) is 9.03. The van der Waals surface area contributed by atoms with Crippen LogP contribution in [0.2, 0.25) is 0 Å². The molecule has 0 saturated carbocycles. The highest BCUT2D eigenvalue weighted by Crippen LogP contribution is 2.26. The molecule has 1 aliphatic heterocycles. The highest BCUT2D eigenvalue weighted by molar-refractivity contribution is 5.90. The van der Waals surface area contributed by atoms with Crippen molar-refractivity contribution >= 4 is 11.8 Å². The van der Waals surface area contributed by atoms with E-state index in [1.807, 2.05) is 20.8 Å². The van der Waals surface area contributed by atoms with Crippen LogP contribution in [-0.2, 0) is 9.59 Å². The van der Waals surface area contributed by atoms with E-state index in [4.69, 9.17) is 10.6 Å². The van der Waals surface area contributed by atoms with Crippen molar-refractivity contribution in [2.75, 3.05) is 6.54 Å². The van der Waals surface area contributed by atoms with Crippen LogP contribution in [-0.4, -0.2) is 46.6 Å². The van der Waals surface area contributed by atoms with Gasteiger partial charge in [0.05, 0.1) is 12.1 Å². The Balaban J connectivity index is 1.64. The van der Waals surface area contributed by atoms with Crippen LogP contribution in [0.3, 0.4) is 0 Å². The van der Waals surface area contributed by atoms with Crippen LogP contribution >= 0.6 is 0 Å². The number of rotatable bonds is 5. The molecule has 0 bridgehead atoms. The van der Waals surface area contributed by atoms with E-state index in [0.29, 0.717) is 16.9 Å². The summed E-state index contributed by atoms with van der Waals surface area (Å²) < 4.78 is 13.9. The second-order valence-corrected chi connectivity index (χ2v) is 8.81. The predicted molar refractivity (Wildman–Crippen MR) is 114 cm³/mol. The molecule has 0 aromatic heterocycles. The van der Waals surface area contributed by atoms with Crippen LogP contribution in [0.5, 0.6) is 5.75 Å². The van der Waals surface area contributed by atoms with Gasteiger partial charge in [-0.25, -0.2) is 4.39 Å². The molecule has 0 aliphatic carbocycles. The molecular weight excluding hydrogens is 401 g/mol. The first-order valence-corrected chi connectivity index (χ1v) is 10.1. The van der Waals surface area contributed by atoms with E-state index in [-0.39, 0.29) is 18.8 Å². The Hall–Kier alpha value is -2.97. The molecule has 2 aromatic carbocycles. The van der Waals surface area contributed by atoms with Crippen molar-refractivity contribution in [3.05, 3.63) is 54.3 Å². The van der Waals surface area contributed by atoms with Gasteiger partial charge < -0.3 is 20.6 Å². The molecule has 0 radical (unpaired) electrons. The molecule has 7 nitrogen and oxygen atoms in total. The monoisotopic (exact) mass is 429 g/mol. The number of hydrogen-bond donors (Lipinski definition) is 3. The topological polar surface area (TPSA) is 105 Å². The maximum atomic E-state index is 13.9. The number of nitrogens with zero attached hydrogens (tertiary/aromatic N) is 1. The van der Waals surface area contributed by atoms with Crippen molar-refractivity contribution in [3.8, 4) is 16.9 Å². The Morgan fingerprint density at radius 1 is 1.19 bits per heavy atom. The summed E-state index contributed by atoms with van der Waals surface area (Å²) in [4.78, 5) is 32.1. The number of likely N-dealkylation sites (tertiary alicyclic amines) is 1. The number of carbonyl (C=O) groups is 2. The molecule has 166 valence electrons. The third-order valence-corrected chi connectivity index (χ3v) is 5.37. The maximum Gasteiger partial charge on any atom is 0.275 e. The fourth-order valence-corrected chi connectivity index (χ4v) is 3.43. The lowest BCUT2D eigenvalue weighted by atomic mass is 9.86. The average molecular weight is 429 g/mol. The molecule has 1 fully saturated rings. The molecular formula is C23H28FN3O4. The average Bonchev–Trinajstić information content (AvgIpc) is 3.13. The fourth-order valence-electron chi connectivity index (χ4n) is 3.43. The van der Waals surface area contributed by atoms with Crippen LogP contribution in [0.1, 0.15) is 27.2 Å². The number of aliphatic hydroxyl groups is 1. The summed E-state index contributed by atoms with van der Waals surface area (Å²) in [5.74, 6) is -0.929. The highest BCUT2D eigenvalue weighted by atomic mass is 19.1. The van der Waals surface area contributed by atoms with Crippen LogP contribution in [0.25, 0.3) is 11.1 Å². The quantitative estimate of drug-likeness (QED) is 0.633. The standard InChI is InChI=1S/C23H28FN3O4/c1-23(2,3)20(25)22(30)27-13-15(28)12-19(27)21(29)26-31-16-10-8-14(9-11-16)17-6-4-5-7-18(17)24/h4-11,15,19-20,28H,12-13,25H2,1-3H3,(H,26,29)/t15-,19+,20?/m1/s1. The van der Waals surface area contributed by atoms with Gasteiger partial charge in [-0.3, -0.25) is 9.59 Å². The van der Waals surface area contributed by atoms with Gasteiger partial charge in [0.1, 0.15) is 11.9 Å². The summed E-state index contributed by atoms with van der Waals surface area (Å²) in [6, 6.07) is 11.3. The van der Waals surface area contributed by atoms with E-state index in [9.17, 15) is 19.1 Å². The van der Waals surface area contributed by atoms with E-state index in [2.05, 4.69) is 5.48 Å². The zero-order chi connectivity index (χ0) is 22.8. The van der Waals surface area contributed by atoms with Crippen LogP contribution < -0.4 is 16.1 Å². The minimum absolute atomic E-state index is 0.0397. The van der Waals surface area contributed by atoms with E-state index >= 15 is 0 Å². The number of benzene rings is 2. The lowest BCUT2D eigenvalue weighted by molar-refractivity contribution is -0.143. The maximum absolute atomic E-state index is 13.9. The third kappa shape index (κ3) is 5.21. The van der Waals surface area contributed by atoms with Crippen LogP contribution in [0, 0.1) is 11.2 Å². The van der Waals surface area contributed by atoms with Crippen LogP contribution in [0.15, 0.2) is 48.5 Å². The van der Waals surface area contributed by atoms with E-state index in [1.54, 1.807) is 42.5 Å². The molecule has 1 saturated heterocycles. The van der Waals surface area contributed by atoms with Gasteiger partial charge in [0.2, 0.25) is 5.91 Å². The zero-order valence-corrected chi connectivity index (χ0v) is 17.8. The Morgan fingerprint density at radius 3 is 2.45 bits per heavy atom. The van der Waals surface area contributed by atoms with Crippen molar-refractivity contribution in [2.45, 2.75) is 45.4 Å². The lowest BCUT2D eigenvalue weighted by Crippen LogP contribution is -2.55. The zero-order valence-electron chi connectivity index (χ0n) is 17.8. The number of nitrogens with one attached hydrogen (secondary N) is 1. The van der Waals surface area contributed by atoms with Crippen molar-refractivity contribution in [1.82, 2.24) is 10.4 Å². The number of carbonyl (C=O) groups excluding carboxylic acids is 2. The van der Waals surface area contributed by atoms with Crippen molar-refractivity contribution in [2.24, 2.45) is 11.1 Å². The van der Waals surface area contributed by atoms with Gasteiger partial charge in [-0.15, -0.1) is 0 Å². The number of hydroxylamine groups is 1. The summed E-state index contributed by atoms with van der Waals surface area (Å²) in [6.07, 6.45) is -0.712. The minimum atomic E-state index is -0.881. The molecule has 2 aromatic rings. The number of aliphatic hydroxyl groups excluding tert-OH is 1. The van der Waals surface area contributed by atoms with Gasteiger partial charge in [0.15, 0.2) is 5.75 Å². The summed E-state index contributed by atoms with van der Waals surface area (Å²) in [7, 11) is 0. The Kier molecular flexibility index (Phi) is 6.62. The number of nitrogens with two attached hydrogens (primary N) is 1. The van der Waals surface area contributed by atoms with Gasteiger partial charge in [0.25, 0.3) is 5.91 Å². The number of amides is 2. The highest BCUT2D eigenvalue weighted by Gasteiger charge is 2.42. The van der Waals surface area contributed by atoms with E-state index < -0.39 is 35.4 Å². The van der Waals surface area contributed by atoms with Crippen molar-refractivity contribution in [3.63, 3.8) is 0 Å². The normalized spacial score (nSPS) is 19.7. The number of β-amino-alcohol motifs (C(OH)–C–C–N with tert-alkyl or cyclic N) is 1. The Bertz CT molecular complexity index is 943. The molecule has 2 amide bonds. The molecule has 3 atom stereocenters. The minimum Gasteiger partial charge on any atom is -0.391 e. The van der Waals surface area contributed by atoms with Crippen molar-refractivity contribution in [1.29, 1.82) is 0 Å². The SMILES string of the molecule is CC(C)(C)C(N)C(=O)N1C[C@H](O)C[C@H]1C(=O)NOc1ccc(-c2ccccc2F)cc1. The summed E-state index contributed by atoms with van der Waals surface area (Å²) in [5, 5.41) is 10.0. The Labute approximate surface area is 180 Å². The molecule has 0 spiro atoms. The van der Waals surface area contributed by atoms with Gasteiger partial charge in [-0.05, 0) is 29.2 Å². The predicted octanol–water partition coefficient (Wildman–Crippen LogP) is 2.24. The van der Waals surface area contributed by atoms with Gasteiger partial charge >= 0.3 is 0 Å². The Morgan fingerprint density at radius 2 is 1.84 bits per heavy atom. The molecule has 3 rings (SSSR count). The molecule has 1 unspecified atom stereocenters. The van der Waals surface area contributed by atoms with Crippen molar-refractivity contribution < 1.29 is 23.9 Å². The second-order valence-electron chi connectivity index (χ2n) is 8.81. The molecule has 1 aliphatic rings. The largest absolute Gasteiger partial charge is 0.391 e. The number of halogens is 1.